The zero-order chi connectivity index (χ0) is 18.1. The molecule has 6 heteroatoms. The Morgan fingerprint density at radius 2 is 1.78 bits per heavy atom. The smallest absolute Gasteiger partial charge is 0.208 e. The van der Waals surface area contributed by atoms with E-state index in [1.807, 2.05) is 0 Å². The summed E-state index contributed by atoms with van der Waals surface area (Å²) in [6, 6.07) is 9.31. The fourth-order valence-electron chi connectivity index (χ4n) is 4.89. The van der Waals surface area contributed by atoms with Crippen molar-refractivity contribution in [3.8, 4) is 0 Å². The summed E-state index contributed by atoms with van der Waals surface area (Å²) in [5, 5.41) is 0. The van der Waals surface area contributed by atoms with Gasteiger partial charge in [-0.1, -0.05) is 31.4 Å². The summed E-state index contributed by atoms with van der Waals surface area (Å²) in [6.45, 7) is 7.96. The van der Waals surface area contributed by atoms with Crippen LogP contribution >= 0.6 is 0 Å². The molecule has 2 aromatic rings. The largest absolute Gasteiger partial charge is 0.379 e. The molecule has 0 amide bonds. The molecule has 2 fully saturated rings. The van der Waals surface area contributed by atoms with E-state index in [1.54, 1.807) is 0 Å². The molecule has 0 unspecified atom stereocenters. The fourth-order valence-corrected chi connectivity index (χ4v) is 4.89. The van der Waals surface area contributed by atoms with Crippen molar-refractivity contribution in [2.24, 2.45) is 0 Å². The van der Waals surface area contributed by atoms with Crippen LogP contribution in [-0.4, -0.2) is 71.5 Å². The summed E-state index contributed by atoms with van der Waals surface area (Å²) in [6.07, 6.45) is 6.86. The standard InChI is InChI=1S/C21H31N5O/c1-2-6-18(7-3-1)25-16-24(11-10-23-12-14-27-15-13-23)21-22-19-8-4-5-9-20(19)26(21)17-25/h4-5,8-9,18H,1-3,6-7,10-17H2. The third-order valence-corrected chi connectivity index (χ3v) is 6.47. The number of hydrogen-bond donors (Lipinski definition) is 0. The maximum absolute atomic E-state index is 5.50. The number of morpholine rings is 1. The highest BCUT2D eigenvalue weighted by molar-refractivity contribution is 5.79. The van der Waals surface area contributed by atoms with Crippen LogP contribution in [0.3, 0.4) is 0 Å². The first kappa shape index (κ1) is 17.5. The number of ether oxygens (including phenoxy) is 1. The Bertz CT molecular complexity index is 763. The van der Waals surface area contributed by atoms with Gasteiger partial charge in [0.05, 0.1) is 37.6 Å². The Kier molecular flexibility index (Phi) is 5.03. The fraction of sp³-hybridized carbons (Fsp3) is 0.667. The monoisotopic (exact) mass is 369 g/mol. The van der Waals surface area contributed by atoms with Gasteiger partial charge in [-0.05, 0) is 25.0 Å². The Morgan fingerprint density at radius 1 is 0.963 bits per heavy atom. The van der Waals surface area contributed by atoms with E-state index < -0.39 is 0 Å². The molecule has 5 rings (SSSR count). The van der Waals surface area contributed by atoms with Gasteiger partial charge in [0.2, 0.25) is 5.95 Å². The summed E-state index contributed by atoms with van der Waals surface area (Å²) in [7, 11) is 0. The molecule has 1 saturated carbocycles. The summed E-state index contributed by atoms with van der Waals surface area (Å²) in [5.41, 5.74) is 2.39. The lowest BCUT2D eigenvalue weighted by Crippen LogP contribution is -2.52. The van der Waals surface area contributed by atoms with Crippen LogP contribution < -0.4 is 4.90 Å². The number of imidazole rings is 1. The number of anilines is 1. The molecule has 3 aliphatic rings. The van der Waals surface area contributed by atoms with Crippen LogP contribution in [0.2, 0.25) is 0 Å². The van der Waals surface area contributed by atoms with E-state index in [0.717, 1.165) is 70.2 Å². The predicted molar refractivity (Wildman–Crippen MR) is 108 cm³/mol. The third-order valence-electron chi connectivity index (χ3n) is 6.47. The van der Waals surface area contributed by atoms with Gasteiger partial charge in [0, 0.05) is 32.2 Å². The number of rotatable bonds is 4. The highest BCUT2D eigenvalue weighted by atomic mass is 16.5. The molecule has 0 atom stereocenters. The quantitative estimate of drug-likeness (QED) is 0.828. The van der Waals surface area contributed by atoms with Crippen molar-refractivity contribution < 1.29 is 4.74 Å². The maximum atomic E-state index is 5.50. The molecule has 1 saturated heterocycles. The van der Waals surface area contributed by atoms with Gasteiger partial charge in [0.1, 0.15) is 0 Å². The lowest BCUT2D eigenvalue weighted by molar-refractivity contribution is 0.0378. The number of benzene rings is 1. The number of para-hydroxylation sites is 2. The molecule has 1 aromatic heterocycles. The highest BCUT2D eigenvalue weighted by Gasteiger charge is 2.31. The molecule has 0 spiro atoms. The Hall–Kier alpha value is -1.63. The molecule has 6 nitrogen and oxygen atoms in total. The maximum Gasteiger partial charge on any atom is 0.208 e. The van der Waals surface area contributed by atoms with Crippen molar-refractivity contribution in [2.75, 3.05) is 51.0 Å². The van der Waals surface area contributed by atoms with E-state index in [-0.39, 0.29) is 0 Å². The lowest BCUT2D eigenvalue weighted by atomic mass is 9.94. The molecule has 1 aliphatic carbocycles. The van der Waals surface area contributed by atoms with E-state index in [4.69, 9.17) is 9.72 Å². The van der Waals surface area contributed by atoms with E-state index in [1.165, 1.54) is 37.6 Å². The van der Waals surface area contributed by atoms with E-state index >= 15 is 0 Å². The number of aromatic nitrogens is 2. The van der Waals surface area contributed by atoms with Crippen molar-refractivity contribution in [1.29, 1.82) is 0 Å². The van der Waals surface area contributed by atoms with Crippen molar-refractivity contribution in [3.05, 3.63) is 24.3 Å². The Balaban J connectivity index is 1.40. The van der Waals surface area contributed by atoms with Crippen LogP contribution in [0, 0.1) is 0 Å². The second-order valence-corrected chi connectivity index (χ2v) is 8.21. The zero-order valence-electron chi connectivity index (χ0n) is 16.2. The normalized spacial score (nSPS) is 23.0. The minimum atomic E-state index is 0.721. The number of fused-ring (bicyclic) bond motifs is 3. The summed E-state index contributed by atoms with van der Waals surface area (Å²) in [5.74, 6) is 1.15. The van der Waals surface area contributed by atoms with Gasteiger partial charge in [-0.2, -0.15) is 0 Å². The Morgan fingerprint density at radius 3 is 2.63 bits per heavy atom. The molecule has 3 heterocycles. The van der Waals surface area contributed by atoms with Crippen molar-refractivity contribution in [2.45, 2.75) is 44.8 Å². The van der Waals surface area contributed by atoms with E-state index in [9.17, 15) is 0 Å². The average molecular weight is 370 g/mol. The highest BCUT2D eigenvalue weighted by Crippen LogP contribution is 2.31. The topological polar surface area (TPSA) is 36.8 Å². The van der Waals surface area contributed by atoms with Crippen LogP contribution in [-0.2, 0) is 11.4 Å². The number of hydrogen-bond acceptors (Lipinski definition) is 5. The summed E-state index contributed by atoms with van der Waals surface area (Å²) in [4.78, 5) is 12.7. The van der Waals surface area contributed by atoms with E-state index in [0.29, 0.717) is 0 Å². The molecular weight excluding hydrogens is 338 g/mol. The molecule has 1 aromatic carbocycles. The van der Waals surface area contributed by atoms with Gasteiger partial charge in [-0.25, -0.2) is 4.98 Å². The molecular formula is C21H31N5O. The lowest BCUT2D eigenvalue weighted by Gasteiger charge is -2.43. The average Bonchev–Trinajstić information content (AvgIpc) is 3.12. The first-order valence-corrected chi connectivity index (χ1v) is 10.6. The van der Waals surface area contributed by atoms with Gasteiger partial charge in [-0.15, -0.1) is 0 Å². The van der Waals surface area contributed by atoms with Gasteiger partial charge in [0.25, 0.3) is 0 Å². The van der Waals surface area contributed by atoms with E-state index in [2.05, 4.69) is 43.5 Å². The van der Waals surface area contributed by atoms with Crippen LogP contribution in [0.25, 0.3) is 11.0 Å². The predicted octanol–water partition coefficient (Wildman–Crippen LogP) is 2.74. The SMILES string of the molecule is c1ccc2c(c1)nc1n2CN(C2CCCCC2)CN1CCN1CCOCC1. The van der Waals surface area contributed by atoms with Gasteiger partial charge < -0.3 is 9.64 Å². The van der Waals surface area contributed by atoms with Crippen molar-refractivity contribution in [3.63, 3.8) is 0 Å². The van der Waals surface area contributed by atoms with Crippen molar-refractivity contribution >= 4 is 17.0 Å². The third kappa shape index (κ3) is 3.58. The van der Waals surface area contributed by atoms with Gasteiger partial charge in [0.15, 0.2) is 0 Å². The second kappa shape index (κ2) is 7.78. The summed E-state index contributed by atoms with van der Waals surface area (Å²) >= 11 is 0. The minimum Gasteiger partial charge on any atom is -0.379 e. The molecule has 0 radical (unpaired) electrons. The molecule has 0 bridgehead atoms. The minimum absolute atomic E-state index is 0.721. The second-order valence-electron chi connectivity index (χ2n) is 8.21. The zero-order valence-corrected chi connectivity index (χ0v) is 16.2. The van der Waals surface area contributed by atoms with Gasteiger partial charge >= 0.3 is 0 Å². The molecule has 2 aliphatic heterocycles. The molecule has 146 valence electrons. The molecule has 0 N–H and O–H groups in total. The van der Waals surface area contributed by atoms with Crippen LogP contribution in [0.1, 0.15) is 32.1 Å². The molecule has 27 heavy (non-hydrogen) atoms. The summed E-state index contributed by atoms with van der Waals surface area (Å²) < 4.78 is 7.94. The van der Waals surface area contributed by atoms with Crippen LogP contribution in [0.4, 0.5) is 5.95 Å². The van der Waals surface area contributed by atoms with Crippen molar-refractivity contribution in [1.82, 2.24) is 19.4 Å². The first-order valence-electron chi connectivity index (χ1n) is 10.6. The first-order chi connectivity index (χ1) is 13.4. The van der Waals surface area contributed by atoms with Crippen LogP contribution in [0.15, 0.2) is 24.3 Å². The van der Waals surface area contributed by atoms with Gasteiger partial charge in [-0.3, -0.25) is 14.4 Å². The van der Waals surface area contributed by atoms with Crippen LogP contribution in [0.5, 0.6) is 0 Å². The Labute approximate surface area is 161 Å². The number of nitrogens with zero attached hydrogens (tertiary/aromatic N) is 5.